The maximum atomic E-state index is 3.41. The summed E-state index contributed by atoms with van der Waals surface area (Å²) in [4.78, 5) is 2.19. The largest absolute Gasteiger partial charge is 0.381 e. The molecule has 0 aliphatic heterocycles. The van der Waals surface area contributed by atoms with Gasteiger partial charge in [0, 0.05) is 30.7 Å². The highest BCUT2D eigenvalue weighted by Gasteiger charge is 2.02. The van der Waals surface area contributed by atoms with E-state index in [0.29, 0.717) is 0 Å². The average molecular weight is 423 g/mol. The number of nitrogens with zero attached hydrogens (tertiary/aromatic N) is 1. The molecule has 2 nitrogen and oxygen atoms in total. The van der Waals surface area contributed by atoms with E-state index in [1.54, 1.807) is 0 Å². The predicted octanol–water partition coefficient (Wildman–Crippen LogP) is 7.88. The van der Waals surface area contributed by atoms with E-state index in [9.17, 15) is 0 Å². The number of rotatable bonds is 7. The van der Waals surface area contributed by atoms with E-state index in [2.05, 4.69) is 128 Å². The van der Waals surface area contributed by atoms with Crippen LogP contribution in [0.1, 0.15) is 30.5 Å². The van der Waals surface area contributed by atoms with Crippen molar-refractivity contribution in [3.05, 3.63) is 126 Å². The minimum atomic E-state index is 0.881. The van der Waals surface area contributed by atoms with Gasteiger partial charge in [0.05, 0.1) is 0 Å². The predicted molar refractivity (Wildman–Crippen MR) is 140 cm³/mol. The van der Waals surface area contributed by atoms with Crippen molar-refractivity contribution < 1.29 is 0 Å². The number of aryl methyl sites for hydroxylation is 2. The van der Waals surface area contributed by atoms with Crippen molar-refractivity contribution >= 4 is 17.1 Å². The highest BCUT2D eigenvalue weighted by Crippen LogP contribution is 2.23. The van der Waals surface area contributed by atoms with Crippen molar-refractivity contribution in [2.45, 2.75) is 33.2 Å². The van der Waals surface area contributed by atoms with Crippen LogP contribution < -0.4 is 10.2 Å². The van der Waals surface area contributed by atoms with Gasteiger partial charge in [0.25, 0.3) is 0 Å². The second kappa shape index (κ2) is 12.4. The first-order valence-electron chi connectivity index (χ1n) is 11.4. The fourth-order valence-electron chi connectivity index (χ4n) is 3.41. The van der Waals surface area contributed by atoms with E-state index in [4.69, 9.17) is 0 Å². The van der Waals surface area contributed by atoms with Crippen molar-refractivity contribution in [1.82, 2.24) is 0 Å². The van der Waals surface area contributed by atoms with Gasteiger partial charge in [0.1, 0.15) is 0 Å². The summed E-state index contributed by atoms with van der Waals surface area (Å²) < 4.78 is 0. The summed E-state index contributed by atoms with van der Waals surface area (Å²) in [6.07, 6.45) is 2.19. The van der Waals surface area contributed by atoms with E-state index in [0.717, 1.165) is 19.4 Å². The molecule has 4 rings (SSSR count). The number of nitrogens with one attached hydrogen (secondary N) is 1. The highest BCUT2D eigenvalue weighted by atomic mass is 15.1. The summed E-state index contributed by atoms with van der Waals surface area (Å²) in [7, 11) is 2.09. The molecule has 2 heteroatoms. The van der Waals surface area contributed by atoms with Crippen molar-refractivity contribution in [3.8, 4) is 0 Å². The molecule has 164 valence electrons. The molecule has 0 unspecified atom stereocenters. The Morgan fingerprint density at radius 2 is 1.00 bits per heavy atom. The van der Waals surface area contributed by atoms with Gasteiger partial charge in [-0.1, -0.05) is 86.6 Å². The van der Waals surface area contributed by atoms with E-state index in [1.165, 1.54) is 33.8 Å². The Balaban J connectivity index is 0.000000181. The van der Waals surface area contributed by atoms with E-state index in [1.807, 2.05) is 12.1 Å². The average Bonchev–Trinajstić information content (AvgIpc) is 2.89. The maximum absolute atomic E-state index is 3.41. The lowest BCUT2D eigenvalue weighted by Crippen LogP contribution is -2.08. The van der Waals surface area contributed by atoms with Gasteiger partial charge >= 0.3 is 0 Å². The number of benzene rings is 4. The molecule has 0 aromatic heterocycles. The van der Waals surface area contributed by atoms with Crippen LogP contribution >= 0.6 is 0 Å². The molecule has 0 spiro atoms. The summed E-state index contributed by atoms with van der Waals surface area (Å²) in [5.74, 6) is 0. The van der Waals surface area contributed by atoms with Crippen LogP contribution in [-0.2, 0) is 19.4 Å². The number of para-hydroxylation sites is 1. The van der Waals surface area contributed by atoms with Crippen LogP contribution in [0.25, 0.3) is 0 Å². The van der Waals surface area contributed by atoms with Gasteiger partial charge in [-0.2, -0.15) is 0 Å². The molecule has 0 fully saturated rings. The zero-order valence-electron chi connectivity index (χ0n) is 19.5. The van der Waals surface area contributed by atoms with Gasteiger partial charge in [0.15, 0.2) is 0 Å². The Bertz CT molecular complexity index is 1020. The number of anilines is 3. The Hall–Kier alpha value is -3.52. The monoisotopic (exact) mass is 422 g/mol. The second-order valence-corrected chi connectivity index (χ2v) is 7.80. The molecule has 0 heterocycles. The minimum absolute atomic E-state index is 0.881. The first kappa shape index (κ1) is 23.1. The molecule has 4 aromatic rings. The van der Waals surface area contributed by atoms with Gasteiger partial charge in [-0.05, 0) is 65.9 Å². The molecule has 0 saturated heterocycles. The minimum Gasteiger partial charge on any atom is -0.381 e. The normalized spacial score (nSPS) is 10.1. The van der Waals surface area contributed by atoms with Gasteiger partial charge in [-0.15, -0.1) is 0 Å². The maximum Gasteiger partial charge on any atom is 0.0408 e. The fraction of sp³-hybridized carbons (Fsp3) is 0.200. The lowest BCUT2D eigenvalue weighted by Gasteiger charge is -2.19. The van der Waals surface area contributed by atoms with Crippen LogP contribution in [0.15, 0.2) is 109 Å². The third kappa shape index (κ3) is 7.02. The molecular weight excluding hydrogens is 388 g/mol. The molecule has 32 heavy (non-hydrogen) atoms. The SMILES string of the molecule is CCc1ccc(N(C)c2ccccc2)cc1.CCc1ccc(NCc2ccccc2)cc1. The van der Waals surface area contributed by atoms with Gasteiger partial charge in [0.2, 0.25) is 0 Å². The molecule has 1 N–H and O–H groups in total. The summed E-state index contributed by atoms with van der Waals surface area (Å²) >= 11 is 0. The zero-order chi connectivity index (χ0) is 22.6. The van der Waals surface area contributed by atoms with Crippen LogP contribution in [-0.4, -0.2) is 7.05 Å². The third-order valence-electron chi connectivity index (χ3n) is 5.58. The first-order chi connectivity index (χ1) is 15.7. The van der Waals surface area contributed by atoms with Crippen LogP contribution in [0.3, 0.4) is 0 Å². The number of hydrogen-bond donors (Lipinski definition) is 1. The van der Waals surface area contributed by atoms with Crippen LogP contribution in [0.5, 0.6) is 0 Å². The molecule has 4 aromatic carbocycles. The summed E-state index contributed by atoms with van der Waals surface area (Å²) in [5, 5.41) is 3.41. The molecule has 0 aliphatic carbocycles. The fourth-order valence-corrected chi connectivity index (χ4v) is 3.41. The zero-order valence-corrected chi connectivity index (χ0v) is 19.5. The summed E-state index contributed by atoms with van der Waals surface area (Å²) in [6.45, 7) is 5.23. The molecule has 0 saturated carbocycles. The molecule has 0 aliphatic rings. The molecular formula is C30H34N2. The van der Waals surface area contributed by atoms with Crippen LogP contribution in [0.4, 0.5) is 17.1 Å². The lowest BCUT2D eigenvalue weighted by molar-refractivity contribution is 1.12. The lowest BCUT2D eigenvalue weighted by atomic mass is 10.1. The van der Waals surface area contributed by atoms with Gasteiger partial charge in [-0.3, -0.25) is 0 Å². The third-order valence-corrected chi connectivity index (χ3v) is 5.58. The van der Waals surface area contributed by atoms with Crippen LogP contribution in [0.2, 0.25) is 0 Å². The first-order valence-corrected chi connectivity index (χ1v) is 11.4. The van der Waals surface area contributed by atoms with E-state index in [-0.39, 0.29) is 0 Å². The van der Waals surface area contributed by atoms with Gasteiger partial charge < -0.3 is 10.2 Å². The molecule has 0 amide bonds. The van der Waals surface area contributed by atoms with E-state index >= 15 is 0 Å². The van der Waals surface area contributed by atoms with Gasteiger partial charge in [-0.25, -0.2) is 0 Å². The highest BCUT2D eigenvalue weighted by molar-refractivity contribution is 5.62. The van der Waals surface area contributed by atoms with Crippen molar-refractivity contribution in [2.75, 3.05) is 17.3 Å². The standard InChI is InChI=1S/2C15H17N/c1-3-13-9-11-15(12-10-13)16(2)14-7-5-4-6-8-14;1-2-13-8-10-15(11-9-13)16-12-14-6-4-3-5-7-14/h4-12H,3H2,1-2H3;3-11,16H,2,12H2,1H3. The number of hydrogen-bond acceptors (Lipinski definition) is 2. The Morgan fingerprint density at radius 3 is 1.53 bits per heavy atom. The smallest absolute Gasteiger partial charge is 0.0408 e. The van der Waals surface area contributed by atoms with Crippen LogP contribution in [0, 0.1) is 0 Å². The summed E-state index contributed by atoms with van der Waals surface area (Å²) in [5.41, 5.74) is 7.69. The Labute approximate surface area is 193 Å². The quantitative estimate of drug-likeness (QED) is 0.326. The molecule has 0 atom stereocenters. The van der Waals surface area contributed by atoms with E-state index < -0.39 is 0 Å². The topological polar surface area (TPSA) is 15.3 Å². The Kier molecular flexibility index (Phi) is 8.94. The van der Waals surface area contributed by atoms with Crippen molar-refractivity contribution in [2.24, 2.45) is 0 Å². The second-order valence-electron chi connectivity index (χ2n) is 7.80. The molecule has 0 bridgehead atoms. The summed E-state index contributed by atoms with van der Waals surface area (Å²) in [6, 6.07) is 38.2. The van der Waals surface area contributed by atoms with Crippen molar-refractivity contribution in [1.29, 1.82) is 0 Å². The Morgan fingerprint density at radius 1 is 0.531 bits per heavy atom. The molecule has 0 radical (unpaired) electrons. The van der Waals surface area contributed by atoms with Crippen molar-refractivity contribution in [3.63, 3.8) is 0 Å².